The third-order valence-corrected chi connectivity index (χ3v) is 4.56. The summed E-state index contributed by atoms with van der Waals surface area (Å²) in [6, 6.07) is 3.25. The number of hydrogen-bond donors (Lipinski definition) is 0. The highest BCUT2D eigenvalue weighted by Gasteiger charge is 2.28. The summed E-state index contributed by atoms with van der Waals surface area (Å²) in [4.78, 5) is 2.66. The van der Waals surface area contributed by atoms with Gasteiger partial charge in [0.15, 0.2) is 0 Å². The van der Waals surface area contributed by atoms with Crippen molar-refractivity contribution in [3.63, 3.8) is 0 Å². The third-order valence-electron chi connectivity index (χ3n) is 4.56. The number of rotatable bonds is 2. The molecule has 1 aliphatic heterocycles. The Labute approximate surface area is 99.6 Å². The van der Waals surface area contributed by atoms with Gasteiger partial charge in [-0.2, -0.15) is 5.26 Å². The van der Waals surface area contributed by atoms with E-state index in [1.807, 2.05) is 0 Å². The quantitative estimate of drug-likeness (QED) is 0.714. The van der Waals surface area contributed by atoms with Crippen LogP contribution in [0.1, 0.15) is 51.9 Å². The van der Waals surface area contributed by atoms with E-state index in [0.29, 0.717) is 5.92 Å². The van der Waals surface area contributed by atoms with Gasteiger partial charge in [0, 0.05) is 12.0 Å². The van der Waals surface area contributed by atoms with Gasteiger partial charge >= 0.3 is 0 Å². The van der Waals surface area contributed by atoms with Crippen LogP contribution in [0.3, 0.4) is 0 Å². The average Bonchev–Trinajstić information content (AvgIpc) is 2.39. The van der Waals surface area contributed by atoms with Crippen LogP contribution in [0.2, 0.25) is 0 Å². The molecule has 0 spiro atoms. The molecule has 16 heavy (non-hydrogen) atoms. The topological polar surface area (TPSA) is 27.0 Å². The predicted octanol–water partition coefficient (Wildman–Crippen LogP) is 3.19. The second kappa shape index (κ2) is 5.68. The lowest BCUT2D eigenvalue weighted by Crippen LogP contribution is -2.43. The minimum absolute atomic E-state index is 0.335. The Bertz CT molecular complexity index is 248. The number of nitrogens with zero attached hydrogens (tertiary/aromatic N) is 2. The van der Waals surface area contributed by atoms with E-state index in [1.165, 1.54) is 45.2 Å². The molecule has 0 aromatic heterocycles. The zero-order valence-electron chi connectivity index (χ0n) is 10.5. The Kier molecular flexibility index (Phi) is 4.23. The van der Waals surface area contributed by atoms with Crippen LogP contribution in [0.15, 0.2) is 0 Å². The highest BCUT2D eigenvalue weighted by atomic mass is 15.2. The number of nitriles is 1. The fourth-order valence-corrected chi connectivity index (χ4v) is 3.36. The zero-order valence-corrected chi connectivity index (χ0v) is 10.5. The molecule has 2 nitrogen and oxygen atoms in total. The maximum absolute atomic E-state index is 8.90. The molecule has 0 radical (unpaired) electrons. The summed E-state index contributed by atoms with van der Waals surface area (Å²) >= 11 is 0. The van der Waals surface area contributed by atoms with Gasteiger partial charge in [-0.05, 0) is 44.7 Å². The highest BCUT2D eigenvalue weighted by Crippen LogP contribution is 2.31. The molecule has 0 aromatic rings. The van der Waals surface area contributed by atoms with Crippen LogP contribution in [0.5, 0.6) is 0 Å². The second-order valence-corrected chi connectivity index (χ2v) is 5.53. The fraction of sp³-hybridized carbons (Fsp3) is 0.929. The van der Waals surface area contributed by atoms with Crippen molar-refractivity contribution in [3.8, 4) is 6.07 Å². The van der Waals surface area contributed by atoms with Crippen LogP contribution in [-0.4, -0.2) is 24.0 Å². The van der Waals surface area contributed by atoms with Gasteiger partial charge < -0.3 is 4.90 Å². The molecular weight excluding hydrogens is 196 g/mol. The molecule has 0 bridgehead atoms. The van der Waals surface area contributed by atoms with Gasteiger partial charge in [-0.15, -0.1) is 0 Å². The number of likely N-dealkylation sites (tertiary alicyclic amines) is 1. The Morgan fingerprint density at radius 3 is 2.56 bits per heavy atom. The van der Waals surface area contributed by atoms with Gasteiger partial charge in [0.05, 0.1) is 6.07 Å². The van der Waals surface area contributed by atoms with Gasteiger partial charge in [0.25, 0.3) is 0 Å². The lowest BCUT2D eigenvalue weighted by atomic mass is 9.82. The Morgan fingerprint density at radius 1 is 1.19 bits per heavy atom. The van der Waals surface area contributed by atoms with E-state index in [-0.39, 0.29) is 0 Å². The summed E-state index contributed by atoms with van der Waals surface area (Å²) in [5, 5.41) is 8.90. The van der Waals surface area contributed by atoms with Crippen molar-refractivity contribution in [2.75, 3.05) is 13.1 Å². The summed E-state index contributed by atoms with van der Waals surface area (Å²) in [6.07, 6.45) is 9.23. The van der Waals surface area contributed by atoms with Crippen LogP contribution >= 0.6 is 0 Å². The molecule has 1 saturated heterocycles. The van der Waals surface area contributed by atoms with Gasteiger partial charge in [0.1, 0.15) is 0 Å². The Morgan fingerprint density at radius 2 is 1.94 bits per heavy atom. The van der Waals surface area contributed by atoms with E-state index in [2.05, 4.69) is 17.9 Å². The van der Waals surface area contributed by atoms with Gasteiger partial charge in [-0.3, -0.25) is 0 Å². The van der Waals surface area contributed by atoms with Crippen molar-refractivity contribution in [2.24, 2.45) is 11.8 Å². The molecule has 1 saturated carbocycles. The molecule has 2 heteroatoms. The Hall–Kier alpha value is -0.550. The molecule has 0 amide bonds. The largest absolute Gasteiger partial charge is 0.300 e. The van der Waals surface area contributed by atoms with E-state index in [0.717, 1.165) is 24.8 Å². The van der Waals surface area contributed by atoms with Crippen molar-refractivity contribution < 1.29 is 0 Å². The highest BCUT2D eigenvalue weighted by molar-refractivity contribution is 4.90. The van der Waals surface area contributed by atoms with Crippen molar-refractivity contribution in [2.45, 2.75) is 57.9 Å². The maximum atomic E-state index is 8.90. The zero-order chi connectivity index (χ0) is 11.4. The normalized spacial score (nSPS) is 33.5. The molecule has 2 aliphatic rings. The van der Waals surface area contributed by atoms with Gasteiger partial charge in [0.2, 0.25) is 0 Å². The van der Waals surface area contributed by atoms with E-state index in [1.54, 1.807) is 0 Å². The van der Waals surface area contributed by atoms with E-state index in [4.69, 9.17) is 5.26 Å². The van der Waals surface area contributed by atoms with Crippen LogP contribution in [0.4, 0.5) is 0 Å². The summed E-state index contributed by atoms with van der Waals surface area (Å²) in [6.45, 7) is 4.66. The van der Waals surface area contributed by atoms with E-state index >= 15 is 0 Å². The summed E-state index contributed by atoms with van der Waals surface area (Å²) in [7, 11) is 0. The predicted molar refractivity (Wildman–Crippen MR) is 65.9 cm³/mol. The molecule has 2 rings (SSSR count). The van der Waals surface area contributed by atoms with Crippen molar-refractivity contribution in [3.05, 3.63) is 0 Å². The monoisotopic (exact) mass is 220 g/mol. The minimum atomic E-state index is 0.335. The lowest BCUT2D eigenvalue weighted by molar-refractivity contribution is 0.0978. The number of hydrogen-bond acceptors (Lipinski definition) is 2. The van der Waals surface area contributed by atoms with Crippen LogP contribution in [-0.2, 0) is 0 Å². The van der Waals surface area contributed by atoms with Gasteiger partial charge in [-0.1, -0.05) is 26.2 Å². The third kappa shape index (κ3) is 2.77. The SMILES string of the molecule is CCC1CCCC(N2CCC(C#N)CC2)C1. The number of piperidine rings is 1. The standard InChI is InChI=1S/C14H24N2/c1-2-12-4-3-5-14(10-12)16-8-6-13(11-15)7-9-16/h12-14H,2-10H2,1H3. The first-order valence-corrected chi connectivity index (χ1v) is 6.97. The van der Waals surface area contributed by atoms with Crippen LogP contribution in [0, 0.1) is 23.2 Å². The first-order valence-electron chi connectivity index (χ1n) is 6.97. The molecule has 2 unspecified atom stereocenters. The molecular formula is C14H24N2. The second-order valence-electron chi connectivity index (χ2n) is 5.53. The van der Waals surface area contributed by atoms with Crippen molar-refractivity contribution in [1.29, 1.82) is 5.26 Å². The lowest BCUT2D eigenvalue weighted by Gasteiger charge is -2.40. The van der Waals surface area contributed by atoms with E-state index in [9.17, 15) is 0 Å². The van der Waals surface area contributed by atoms with Crippen LogP contribution < -0.4 is 0 Å². The summed E-state index contributed by atoms with van der Waals surface area (Å²) in [5.41, 5.74) is 0. The minimum Gasteiger partial charge on any atom is -0.300 e. The van der Waals surface area contributed by atoms with Crippen molar-refractivity contribution in [1.82, 2.24) is 4.90 Å². The molecule has 1 heterocycles. The maximum Gasteiger partial charge on any atom is 0.0656 e. The molecule has 2 atom stereocenters. The van der Waals surface area contributed by atoms with E-state index < -0.39 is 0 Å². The first kappa shape index (κ1) is 11.9. The molecule has 0 N–H and O–H groups in total. The molecule has 0 aromatic carbocycles. The average molecular weight is 220 g/mol. The van der Waals surface area contributed by atoms with Crippen LogP contribution in [0.25, 0.3) is 0 Å². The fourth-order valence-electron chi connectivity index (χ4n) is 3.36. The molecule has 90 valence electrons. The van der Waals surface area contributed by atoms with Crippen molar-refractivity contribution >= 4 is 0 Å². The van der Waals surface area contributed by atoms with Gasteiger partial charge in [-0.25, -0.2) is 0 Å². The molecule has 2 fully saturated rings. The molecule has 1 aliphatic carbocycles. The summed E-state index contributed by atoms with van der Waals surface area (Å²) < 4.78 is 0. The smallest absolute Gasteiger partial charge is 0.0656 e. The Balaban J connectivity index is 1.82. The summed E-state index contributed by atoms with van der Waals surface area (Å²) in [5.74, 6) is 1.30. The first-order chi connectivity index (χ1) is 7.83.